The number of nitrogens with zero attached hydrogens (tertiary/aromatic N) is 1. The van der Waals surface area contributed by atoms with E-state index in [1.165, 1.54) is 21.7 Å². The molecule has 0 saturated heterocycles. The van der Waals surface area contributed by atoms with Gasteiger partial charge in [0, 0.05) is 24.9 Å². The van der Waals surface area contributed by atoms with Gasteiger partial charge in [0.25, 0.3) is 0 Å². The fourth-order valence-electron chi connectivity index (χ4n) is 2.49. The summed E-state index contributed by atoms with van der Waals surface area (Å²) >= 11 is 0. The Bertz CT molecular complexity index is 615. The molecule has 1 N–H and O–H groups in total. The lowest BCUT2D eigenvalue weighted by molar-refractivity contribution is -0.121. The lowest BCUT2D eigenvalue weighted by atomic mass is 9.89. The number of nitrogens with one attached hydrogen (secondary N) is 1. The van der Waals surface area contributed by atoms with Crippen molar-refractivity contribution in [2.45, 2.75) is 45.6 Å². The van der Waals surface area contributed by atoms with Gasteiger partial charge < -0.3 is 5.32 Å². The topological polar surface area (TPSA) is 66.5 Å². The maximum absolute atomic E-state index is 12.0. The largest absolute Gasteiger partial charge is 0.361 e. The summed E-state index contributed by atoms with van der Waals surface area (Å²) in [6.07, 6.45) is 2.10. The Kier molecular flexibility index (Phi) is 7.28. The van der Waals surface area contributed by atoms with Crippen LogP contribution in [0.4, 0.5) is 0 Å². The Morgan fingerprint density at radius 1 is 1.26 bits per heavy atom. The van der Waals surface area contributed by atoms with E-state index in [9.17, 15) is 13.2 Å². The van der Waals surface area contributed by atoms with Crippen LogP contribution in [-0.2, 0) is 21.2 Å². The zero-order valence-corrected chi connectivity index (χ0v) is 15.5. The summed E-state index contributed by atoms with van der Waals surface area (Å²) in [5.41, 5.74) is 2.38. The molecule has 1 aromatic carbocycles. The van der Waals surface area contributed by atoms with Crippen LogP contribution in [0.1, 0.15) is 31.4 Å². The summed E-state index contributed by atoms with van der Waals surface area (Å²) in [7, 11) is -1.33. The van der Waals surface area contributed by atoms with E-state index in [0.717, 1.165) is 6.42 Å². The van der Waals surface area contributed by atoms with Crippen molar-refractivity contribution in [2.24, 2.45) is 0 Å². The normalized spacial score (nSPS) is 13.3. The first-order chi connectivity index (χ1) is 10.6. The maximum Gasteiger partial charge on any atom is 0.220 e. The summed E-state index contributed by atoms with van der Waals surface area (Å²) in [6, 6.07) is 8.07. The number of carbonyl (C=O) groups excluding carboxylic acids is 1. The van der Waals surface area contributed by atoms with Crippen LogP contribution < -0.4 is 5.32 Å². The third-order valence-electron chi connectivity index (χ3n) is 3.63. The predicted molar refractivity (Wildman–Crippen MR) is 96.7 cm³/mol. The molecule has 0 bridgehead atoms. The molecule has 0 aliphatic carbocycles. The highest BCUT2D eigenvalue weighted by Crippen LogP contribution is 2.07. The second-order valence-corrected chi connectivity index (χ2v) is 8.31. The summed E-state index contributed by atoms with van der Waals surface area (Å²) in [6.45, 7) is 5.86. The number of carbonyl (C=O) groups is 1. The van der Waals surface area contributed by atoms with Crippen LogP contribution in [0.3, 0.4) is 0 Å². The summed E-state index contributed by atoms with van der Waals surface area (Å²) in [5.74, 6) is -0.116. The van der Waals surface area contributed by atoms with Crippen LogP contribution in [0.25, 0.3) is 0 Å². The molecule has 1 amide bonds. The van der Waals surface area contributed by atoms with Crippen molar-refractivity contribution in [3.05, 3.63) is 35.4 Å². The van der Waals surface area contributed by atoms with E-state index in [1.54, 1.807) is 13.8 Å². The lowest BCUT2D eigenvalue weighted by Crippen LogP contribution is -2.41. The van der Waals surface area contributed by atoms with Crippen LogP contribution in [0, 0.1) is 6.92 Å². The van der Waals surface area contributed by atoms with Gasteiger partial charge >= 0.3 is 0 Å². The molecular weight excluding hydrogens is 311 g/mol. The van der Waals surface area contributed by atoms with Crippen LogP contribution in [-0.4, -0.2) is 51.3 Å². The van der Waals surface area contributed by atoms with Gasteiger partial charge in [-0.2, -0.15) is 4.31 Å². The highest BCUT2D eigenvalue weighted by molar-refractivity contribution is 7.88. The summed E-state index contributed by atoms with van der Waals surface area (Å²) < 4.78 is 24.7. The number of rotatable bonds is 8. The number of amides is 1. The molecule has 0 aliphatic heterocycles. The molecule has 7 heteroatoms. The third-order valence-corrected chi connectivity index (χ3v) is 5.09. The zero-order chi connectivity index (χ0) is 17.6. The first kappa shape index (κ1) is 19.7. The van der Waals surface area contributed by atoms with Gasteiger partial charge in [0.15, 0.2) is 0 Å². The molecule has 1 atom stereocenters. The molecule has 0 spiro atoms. The first-order valence-corrected chi connectivity index (χ1v) is 9.76. The molecule has 1 rings (SSSR count). The van der Waals surface area contributed by atoms with Crippen molar-refractivity contribution < 1.29 is 13.2 Å². The van der Waals surface area contributed by atoms with Gasteiger partial charge in [-0.05, 0) is 32.8 Å². The van der Waals surface area contributed by atoms with Gasteiger partial charge in [-0.15, -0.1) is 0 Å². The minimum absolute atomic E-state index is 0.0101. The molecule has 0 aromatic heterocycles. The van der Waals surface area contributed by atoms with Gasteiger partial charge in [0.2, 0.25) is 15.9 Å². The molecular formula is C16H27BN2O3S. The third kappa shape index (κ3) is 7.18. The molecule has 1 aromatic rings. The Balaban J connectivity index is 2.48. The van der Waals surface area contributed by atoms with Gasteiger partial charge in [-0.3, -0.25) is 4.79 Å². The minimum atomic E-state index is -3.29. The van der Waals surface area contributed by atoms with E-state index < -0.39 is 10.0 Å². The molecule has 1 unspecified atom stereocenters. The van der Waals surface area contributed by atoms with E-state index in [4.69, 9.17) is 0 Å². The Morgan fingerprint density at radius 3 is 2.30 bits per heavy atom. The number of aryl methyl sites for hydroxylation is 1. The van der Waals surface area contributed by atoms with Crippen molar-refractivity contribution in [3.63, 3.8) is 0 Å². The Hall–Kier alpha value is -1.34. The fourth-order valence-corrected chi connectivity index (χ4v) is 3.68. The van der Waals surface area contributed by atoms with E-state index in [-0.39, 0.29) is 30.9 Å². The van der Waals surface area contributed by atoms with Gasteiger partial charge in [0.1, 0.15) is 7.85 Å². The van der Waals surface area contributed by atoms with E-state index in [0.29, 0.717) is 0 Å². The number of hydrogen-bond acceptors (Lipinski definition) is 3. The second kappa shape index (κ2) is 8.50. The van der Waals surface area contributed by atoms with Crippen molar-refractivity contribution in [1.29, 1.82) is 0 Å². The Morgan fingerprint density at radius 2 is 1.83 bits per heavy atom. The van der Waals surface area contributed by atoms with E-state index in [2.05, 4.69) is 29.6 Å². The summed E-state index contributed by atoms with van der Waals surface area (Å²) in [5, 5.41) is 2.93. The average molecular weight is 338 g/mol. The standard InChI is InChI=1S/C16H27BN2O3S/c1-12(2)19(23(4,21)22)10-9-16(20)18-15(17)11-14-7-5-13(3)6-8-14/h5-8,12,15H,9-11,17H2,1-4H3,(H,18,20). The van der Waals surface area contributed by atoms with Gasteiger partial charge in [-0.25, -0.2) is 8.42 Å². The Labute approximate surface area is 140 Å². The number of sulfonamides is 1. The van der Waals surface area contributed by atoms with Crippen LogP contribution in [0.15, 0.2) is 24.3 Å². The van der Waals surface area contributed by atoms with E-state index >= 15 is 0 Å². The number of hydrogen-bond donors (Lipinski definition) is 1. The van der Waals surface area contributed by atoms with Gasteiger partial charge in [0.05, 0.1) is 6.26 Å². The van der Waals surface area contributed by atoms with Crippen molar-refractivity contribution >= 4 is 23.8 Å². The van der Waals surface area contributed by atoms with Crippen LogP contribution in [0.5, 0.6) is 0 Å². The molecule has 23 heavy (non-hydrogen) atoms. The quantitative estimate of drug-likeness (QED) is 0.709. The smallest absolute Gasteiger partial charge is 0.220 e. The molecule has 5 nitrogen and oxygen atoms in total. The molecule has 0 radical (unpaired) electrons. The fraction of sp³-hybridized carbons (Fsp3) is 0.562. The molecule has 0 heterocycles. The number of benzene rings is 1. The SMILES string of the molecule is BC(Cc1ccc(C)cc1)NC(=O)CCN(C(C)C)S(C)(=O)=O. The average Bonchev–Trinajstić information content (AvgIpc) is 2.39. The molecule has 0 aliphatic rings. The molecule has 0 fully saturated rings. The molecule has 128 valence electrons. The predicted octanol–water partition coefficient (Wildman–Crippen LogP) is 0.673. The zero-order valence-electron chi connectivity index (χ0n) is 14.7. The second-order valence-electron chi connectivity index (χ2n) is 6.38. The molecule has 0 saturated carbocycles. The van der Waals surface area contributed by atoms with Crippen LogP contribution in [0.2, 0.25) is 0 Å². The van der Waals surface area contributed by atoms with Crippen molar-refractivity contribution in [3.8, 4) is 0 Å². The summed E-state index contributed by atoms with van der Waals surface area (Å²) in [4.78, 5) is 12.0. The van der Waals surface area contributed by atoms with Crippen molar-refractivity contribution in [2.75, 3.05) is 12.8 Å². The highest BCUT2D eigenvalue weighted by Gasteiger charge is 2.21. The maximum atomic E-state index is 12.0. The first-order valence-electron chi connectivity index (χ1n) is 7.91. The van der Waals surface area contributed by atoms with Crippen molar-refractivity contribution in [1.82, 2.24) is 9.62 Å². The van der Waals surface area contributed by atoms with E-state index in [1.807, 2.05) is 14.8 Å². The monoisotopic (exact) mass is 338 g/mol. The highest BCUT2D eigenvalue weighted by atomic mass is 32.2. The lowest BCUT2D eigenvalue weighted by Gasteiger charge is -2.24. The van der Waals surface area contributed by atoms with Crippen LogP contribution >= 0.6 is 0 Å². The minimum Gasteiger partial charge on any atom is -0.361 e. The van der Waals surface area contributed by atoms with Gasteiger partial charge in [-0.1, -0.05) is 29.8 Å².